The number of amides is 1. The third kappa shape index (κ3) is 7.44. The average Bonchev–Trinajstić information content (AvgIpc) is 2.73. The highest BCUT2D eigenvalue weighted by molar-refractivity contribution is 7.89. The Bertz CT molecular complexity index is 1180. The summed E-state index contributed by atoms with van der Waals surface area (Å²) < 4.78 is 62.3. The van der Waals surface area contributed by atoms with Crippen molar-refractivity contribution >= 4 is 31.7 Å². The molecule has 33 heavy (non-hydrogen) atoms. The molecule has 11 heteroatoms. The minimum absolute atomic E-state index is 0.000484. The van der Waals surface area contributed by atoms with E-state index >= 15 is 0 Å². The molecule has 0 saturated heterocycles. The second-order valence-electron chi connectivity index (χ2n) is 7.81. The number of benzene rings is 2. The molecule has 0 aliphatic rings. The van der Waals surface area contributed by atoms with Gasteiger partial charge in [0.15, 0.2) is 11.5 Å². The molecule has 0 aliphatic heterocycles. The van der Waals surface area contributed by atoms with Crippen LogP contribution in [-0.4, -0.2) is 46.5 Å². The van der Waals surface area contributed by atoms with Gasteiger partial charge in [-0.25, -0.2) is 8.42 Å². The highest BCUT2D eigenvalue weighted by atomic mass is 32.2. The van der Waals surface area contributed by atoms with Crippen molar-refractivity contribution in [2.75, 3.05) is 24.7 Å². The first kappa shape index (κ1) is 26.6. The molecule has 0 unspecified atom stereocenters. The van der Waals surface area contributed by atoms with Crippen molar-refractivity contribution in [3.8, 4) is 11.5 Å². The van der Waals surface area contributed by atoms with Gasteiger partial charge in [0.1, 0.15) is 0 Å². The average molecular weight is 499 g/mol. The highest BCUT2D eigenvalue weighted by Crippen LogP contribution is 2.31. The Balaban J connectivity index is 2.40. The van der Waals surface area contributed by atoms with Gasteiger partial charge in [-0.3, -0.25) is 4.79 Å². The van der Waals surface area contributed by atoms with Gasteiger partial charge >= 0.3 is 10.1 Å². The number of rotatable bonds is 11. The van der Waals surface area contributed by atoms with Gasteiger partial charge in [-0.2, -0.15) is 12.7 Å². The summed E-state index contributed by atoms with van der Waals surface area (Å²) in [4.78, 5) is 11.3. The van der Waals surface area contributed by atoms with Crippen LogP contribution in [0.5, 0.6) is 11.5 Å². The number of ether oxygens (including phenoxy) is 1. The van der Waals surface area contributed by atoms with E-state index in [9.17, 15) is 21.6 Å². The third-order valence-corrected chi connectivity index (χ3v) is 7.51. The van der Waals surface area contributed by atoms with Gasteiger partial charge < -0.3 is 14.2 Å². The summed E-state index contributed by atoms with van der Waals surface area (Å²) in [6.45, 7) is 6.87. The molecule has 2 rings (SSSR count). The molecule has 0 aromatic heterocycles. The quantitative estimate of drug-likeness (QED) is 0.472. The van der Waals surface area contributed by atoms with E-state index in [4.69, 9.17) is 8.92 Å². The third-order valence-electron chi connectivity index (χ3n) is 4.54. The number of carbonyl (C=O) groups is 1. The van der Waals surface area contributed by atoms with Crippen LogP contribution in [0.3, 0.4) is 0 Å². The summed E-state index contributed by atoms with van der Waals surface area (Å²) in [5, 5.41) is 2.60. The number of nitrogens with one attached hydrogen (secondary N) is 1. The van der Waals surface area contributed by atoms with Crippen LogP contribution < -0.4 is 14.2 Å². The lowest BCUT2D eigenvalue weighted by atomic mass is 10.2. The van der Waals surface area contributed by atoms with Gasteiger partial charge in [0.05, 0.1) is 17.8 Å². The van der Waals surface area contributed by atoms with Crippen LogP contribution in [0.15, 0.2) is 47.4 Å². The van der Waals surface area contributed by atoms with Crippen molar-refractivity contribution in [3.05, 3.63) is 48.0 Å². The number of carbonyl (C=O) groups excluding carboxylic acids is 1. The van der Waals surface area contributed by atoms with Gasteiger partial charge in [-0.05, 0) is 54.8 Å². The second kappa shape index (κ2) is 11.0. The molecule has 0 aliphatic carbocycles. The van der Waals surface area contributed by atoms with Crippen LogP contribution in [0, 0.1) is 5.92 Å². The first-order chi connectivity index (χ1) is 15.4. The van der Waals surface area contributed by atoms with E-state index in [1.807, 2.05) is 13.8 Å². The molecule has 1 amide bonds. The van der Waals surface area contributed by atoms with Crippen molar-refractivity contribution < 1.29 is 30.6 Å². The van der Waals surface area contributed by atoms with E-state index in [-0.39, 0.29) is 47.1 Å². The topological polar surface area (TPSA) is 119 Å². The number of methoxy groups -OCH3 is 1. The summed E-state index contributed by atoms with van der Waals surface area (Å²) in [5.41, 5.74) is 1.03. The van der Waals surface area contributed by atoms with E-state index in [1.165, 1.54) is 61.7 Å². The number of anilines is 1. The molecule has 0 saturated carbocycles. The summed E-state index contributed by atoms with van der Waals surface area (Å²) in [7, 11) is -6.28. The second-order valence-corrected chi connectivity index (χ2v) is 11.6. The molecule has 0 radical (unpaired) electrons. The fraction of sp³-hybridized carbons (Fsp3) is 0.409. The molecular formula is C22H30N2O7S2. The van der Waals surface area contributed by atoms with Crippen LogP contribution in [0.25, 0.3) is 0 Å². The Labute approximate surface area is 195 Å². The first-order valence-electron chi connectivity index (χ1n) is 10.3. The van der Waals surface area contributed by atoms with Crippen molar-refractivity contribution in [3.63, 3.8) is 0 Å². The Morgan fingerprint density at radius 1 is 1.03 bits per heavy atom. The van der Waals surface area contributed by atoms with E-state index in [2.05, 4.69) is 5.32 Å². The predicted molar refractivity (Wildman–Crippen MR) is 126 cm³/mol. The molecule has 9 nitrogen and oxygen atoms in total. The zero-order chi connectivity index (χ0) is 24.8. The Morgan fingerprint density at radius 3 is 2.18 bits per heavy atom. The van der Waals surface area contributed by atoms with Crippen molar-refractivity contribution in [1.82, 2.24) is 4.31 Å². The number of hydrogen-bond acceptors (Lipinski definition) is 7. The van der Waals surface area contributed by atoms with Crippen LogP contribution in [0.4, 0.5) is 5.69 Å². The Hall–Kier alpha value is -2.63. The number of nitrogens with zero attached hydrogens (tertiary/aromatic N) is 1. The summed E-state index contributed by atoms with van der Waals surface area (Å²) >= 11 is 0. The molecule has 0 bridgehead atoms. The zero-order valence-corrected chi connectivity index (χ0v) is 21.0. The maximum absolute atomic E-state index is 13.4. The molecule has 182 valence electrons. The van der Waals surface area contributed by atoms with Crippen molar-refractivity contribution in [2.45, 2.75) is 39.1 Å². The molecule has 0 atom stereocenters. The van der Waals surface area contributed by atoms with Crippen LogP contribution in [0.1, 0.15) is 33.3 Å². The maximum atomic E-state index is 13.4. The summed E-state index contributed by atoms with van der Waals surface area (Å²) in [6.07, 6.45) is 0. The number of hydrogen-bond donors (Lipinski definition) is 1. The number of sulfonamides is 1. The van der Waals surface area contributed by atoms with Gasteiger partial charge in [-0.1, -0.05) is 19.9 Å². The van der Waals surface area contributed by atoms with Crippen LogP contribution in [-0.2, 0) is 31.5 Å². The minimum atomic E-state index is -3.88. The lowest BCUT2D eigenvalue weighted by molar-refractivity contribution is -0.114. The SMILES string of the molecule is CCS(=O)(=O)Oc1cc(CN(CC(C)C)S(=O)(=O)c2ccc(NC(C)=O)cc2)ccc1OC. The van der Waals surface area contributed by atoms with Gasteiger partial charge in [0.25, 0.3) is 0 Å². The smallest absolute Gasteiger partial charge is 0.309 e. The predicted octanol–water partition coefficient (Wildman–Crippen LogP) is 3.23. The fourth-order valence-electron chi connectivity index (χ4n) is 3.00. The van der Waals surface area contributed by atoms with Crippen molar-refractivity contribution in [2.24, 2.45) is 5.92 Å². The van der Waals surface area contributed by atoms with E-state index < -0.39 is 20.1 Å². The lowest BCUT2D eigenvalue weighted by Crippen LogP contribution is -2.33. The molecule has 0 spiro atoms. The molecule has 1 N–H and O–H groups in total. The maximum Gasteiger partial charge on any atom is 0.309 e. The fourth-order valence-corrected chi connectivity index (χ4v) is 5.11. The van der Waals surface area contributed by atoms with Crippen molar-refractivity contribution in [1.29, 1.82) is 0 Å². The van der Waals surface area contributed by atoms with E-state index in [1.54, 1.807) is 6.07 Å². The molecule has 2 aromatic carbocycles. The first-order valence-corrected chi connectivity index (χ1v) is 13.4. The standard InChI is InChI=1S/C22H30N2O7S2/c1-6-32(26,27)31-22-13-18(7-12-21(22)30-5)15-24(14-16(2)3)33(28,29)20-10-8-19(9-11-20)23-17(4)25/h7-13,16H,6,14-15H2,1-5H3,(H,23,25). The zero-order valence-electron chi connectivity index (χ0n) is 19.4. The monoisotopic (exact) mass is 498 g/mol. The molecule has 2 aromatic rings. The minimum Gasteiger partial charge on any atom is -0.493 e. The van der Waals surface area contributed by atoms with Gasteiger partial charge in [-0.15, -0.1) is 0 Å². The summed E-state index contributed by atoms with van der Waals surface area (Å²) in [5.74, 6) is -0.216. The Morgan fingerprint density at radius 2 is 1.67 bits per heavy atom. The normalized spacial score (nSPS) is 12.1. The largest absolute Gasteiger partial charge is 0.493 e. The van der Waals surface area contributed by atoms with Crippen LogP contribution in [0.2, 0.25) is 0 Å². The lowest BCUT2D eigenvalue weighted by Gasteiger charge is -2.24. The highest BCUT2D eigenvalue weighted by Gasteiger charge is 2.26. The molecular weight excluding hydrogens is 468 g/mol. The molecule has 0 heterocycles. The Kier molecular flexibility index (Phi) is 8.87. The van der Waals surface area contributed by atoms with Gasteiger partial charge in [0.2, 0.25) is 15.9 Å². The summed E-state index contributed by atoms with van der Waals surface area (Å²) in [6, 6.07) is 10.6. The van der Waals surface area contributed by atoms with E-state index in [0.717, 1.165) is 0 Å². The van der Waals surface area contributed by atoms with Crippen LogP contribution >= 0.6 is 0 Å². The van der Waals surface area contributed by atoms with Gasteiger partial charge in [0, 0.05) is 25.7 Å². The molecule has 0 fully saturated rings. The van der Waals surface area contributed by atoms with E-state index in [0.29, 0.717) is 11.3 Å².